The zero-order valence-electron chi connectivity index (χ0n) is 8.51. The van der Waals surface area contributed by atoms with Crippen LogP contribution in [0.2, 0.25) is 0 Å². The number of hydrogen-bond acceptors (Lipinski definition) is 2. The van der Waals surface area contributed by atoms with Gasteiger partial charge in [0.05, 0.1) is 14.2 Å². The molecule has 0 heterocycles. The maximum atomic E-state index is 5.06. The monoisotopic (exact) mass is 334 g/mol. The van der Waals surface area contributed by atoms with Crippen molar-refractivity contribution in [2.75, 3.05) is 14.2 Å². The molecule has 0 saturated heterocycles. The first-order chi connectivity index (χ1) is 5.26. The molecular formula is C9H12Br2MgO2. The third-order valence-electron chi connectivity index (χ3n) is 1.50. The minimum Gasteiger partial charge on any atom is -1.00 e. The first-order valence-corrected chi connectivity index (χ1v) is 3.46. The van der Waals surface area contributed by atoms with Crippen LogP contribution in [0.25, 0.3) is 0 Å². The molecule has 0 bridgehead atoms. The topological polar surface area (TPSA) is 18.5 Å². The summed E-state index contributed by atoms with van der Waals surface area (Å²) in [5, 5.41) is 0. The fraction of sp³-hybridized carbons (Fsp3) is 0.333. The molecule has 0 unspecified atom stereocenters. The van der Waals surface area contributed by atoms with Crippen molar-refractivity contribution in [3.8, 4) is 11.5 Å². The van der Waals surface area contributed by atoms with Crippen molar-refractivity contribution in [1.29, 1.82) is 0 Å². The molecule has 0 saturated carbocycles. The van der Waals surface area contributed by atoms with Crippen LogP contribution in [0.15, 0.2) is 18.2 Å². The van der Waals surface area contributed by atoms with E-state index in [2.05, 4.69) is 0 Å². The number of hydrogen-bond donors (Lipinski definition) is 0. The fourth-order valence-corrected chi connectivity index (χ4v) is 0.950. The molecule has 1 rings (SSSR count). The molecule has 0 aliphatic carbocycles. The average molecular weight is 336 g/mol. The van der Waals surface area contributed by atoms with Gasteiger partial charge in [-0.3, -0.25) is 0 Å². The van der Waals surface area contributed by atoms with E-state index in [1.165, 1.54) is 0 Å². The van der Waals surface area contributed by atoms with E-state index in [1.54, 1.807) is 14.2 Å². The Bertz CT molecular complexity index is 234. The second-order valence-corrected chi connectivity index (χ2v) is 2.39. The van der Waals surface area contributed by atoms with Crippen LogP contribution in [0, 0.1) is 6.92 Å². The van der Waals surface area contributed by atoms with Gasteiger partial charge >= 0.3 is 23.1 Å². The minimum absolute atomic E-state index is 0. The maximum absolute atomic E-state index is 5.06. The summed E-state index contributed by atoms with van der Waals surface area (Å²) in [5.74, 6) is 1.67. The van der Waals surface area contributed by atoms with Crippen LogP contribution in [0.1, 0.15) is 5.56 Å². The van der Waals surface area contributed by atoms with Crippen LogP contribution in [0.3, 0.4) is 0 Å². The van der Waals surface area contributed by atoms with Crippen molar-refractivity contribution in [1.82, 2.24) is 0 Å². The van der Waals surface area contributed by atoms with Crippen LogP contribution in [0.4, 0.5) is 0 Å². The second kappa shape index (κ2) is 10.1. The molecule has 5 heteroatoms. The predicted octanol–water partition coefficient (Wildman–Crippen LogP) is -4.36. The van der Waals surface area contributed by atoms with Crippen molar-refractivity contribution < 1.29 is 43.4 Å². The van der Waals surface area contributed by atoms with E-state index < -0.39 is 0 Å². The zero-order chi connectivity index (χ0) is 8.27. The van der Waals surface area contributed by atoms with Gasteiger partial charge < -0.3 is 43.4 Å². The molecule has 0 aliphatic rings. The molecule has 0 amide bonds. The number of halogens is 2. The van der Waals surface area contributed by atoms with Gasteiger partial charge in [-0.15, -0.1) is 0 Å². The average Bonchev–Trinajstić information content (AvgIpc) is 2.03. The predicted molar refractivity (Wildman–Crippen MR) is 50.0 cm³/mol. The summed E-state index contributed by atoms with van der Waals surface area (Å²) in [7, 11) is 3.29. The van der Waals surface area contributed by atoms with Gasteiger partial charge in [-0.05, 0) is 24.6 Å². The van der Waals surface area contributed by atoms with Gasteiger partial charge in [-0.1, -0.05) is 0 Å². The molecule has 0 fully saturated rings. The van der Waals surface area contributed by atoms with E-state index in [9.17, 15) is 0 Å². The number of rotatable bonds is 2. The van der Waals surface area contributed by atoms with Crippen molar-refractivity contribution in [2.45, 2.75) is 6.92 Å². The normalized spacial score (nSPS) is 7.36. The van der Waals surface area contributed by atoms with Crippen molar-refractivity contribution in [3.05, 3.63) is 23.8 Å². The third-order valence-corrected chi connectivity index (χ3v) is 1.50. The zero-order valence-corrected chi connectivity index (χ0v) is 13.1. The van der Waals surface area contributed by atoms with E-state index in [4.69, 9.17) is 9.47 Å². The van der Waals surface area contributed by atoms with Crippen LogP contribution in [-0.4, -0.2) is 37.3 Å². The summed E-state index contributed by atoms with van der Waals surface area (Å²) in [5.41, 5.74) is 1.14. The number of benzene rings is 1. The molecular weight excluding hydrogens is 324 g/mol. The summed E-state index contributed by atoms with van der Waals surface area (Å²) in [6.07, 6.45) is 0. The molecule has 0 spiro atoms. The van der Waals surface area contributed by atoms with Gasteiger partial charge in [0, 0.05) is 6.07 Å². The molecule has 2 nitrogen and oxygen atoms in total. The standard InChI is InChI=1S/C9H12O2.2BrH.Mg/c1-7-4-8(10-2)6-9(5-7)11-3;;;/h4-6H,1-3H3;2*1H;/q;;;+2/p-2. The van der Waals surface area contributed by atoms with Crippen molar-refractivity contribution in [3.63, 3.8) is 0 Å². The number of methoxy groups -OCH3 is 2. The van der Waals surface area contributed by atoms with Crippen molar-refractivity contribution >= 4 is 23.1 Å². The van der Waals surface area contributed by atoms with Gasteiger partial charge in [0.2, 0.25) is 0 Å². The Labute approximate surface area is 122 Å². The molecule has 0 aliphatic heterocycles. The largest absolute Gasteiger partial charge is 2.00 e. The smallest absolute Gasteiger partial charge is 1.00 e. The second-order valence-electron chi connectivity index (χ2n) is 2.39. The Hall–Kier alpha value is 0.546. The van der Waals surface area contributed by atoms with Crippen LogP contribution in [-0.2, 0) is 0 Å². The van der Waals surface area contributed by atoms with Gasteiger partial charge in [0.25, 0.3) is 0 Å². The molecule has 1 aromatic carbocycles. The van der Waals surface area contributed by atoms with E-state index in [1.807, 2.05) is 25.1 Å². The Morgan fingerprint density at radius 2 is 1.21 bits per heavy atom. The molecule has 1 aromatic rings. The Balaban J connectivity index is -0.000000403. The van der Waals surface area contributed by atoms with Crippen LogP contribution >= 0.6 is 0 Å². The minimum atomic E-state index is 0. The van der Waals surface area contributed by atoms with Crippen LogP contribution in [0.5, 0.6) is 11.5 Å². The van der Waals surface area contributed by atoms with Crippen LogP contribution < -0.4 is 43.4 Å². The van der Waals surface area contributed by atoms with Gasteiger partial charge in [0.1, 0.15) is 11.5 Å². The molecule has 0 radical (unpaired) electrons. The van der Waals surface area contributed by atoms with E-state index in [0.717, 1.165) is 17.1 Å². The quantitative estimate of drug-likeness (QED) is 0.509. The summed E-state index contributed by atoms with van der Waals surface area (Å²) < 4.78 is 10.1. The van der Waals surface area contributed by atoms with E-state index in [-0.39, 0.29) is 57.0 Å². The first-order valence-electron chi connectivity index (χ1n) is 3.46. The van der Waals surface area contributed by atoms with Gasteiger partial charge in [0.15, 0.2) is 0 Å². The molecule has 76 valence electrons. The molecule has 0 N–H and O–H groups in total. The first kappa shape index (κ1) is 20.0. The van der Waals surface area contributed by atoms with Crippen molar-refractivity contribution in [2.24, 2.45) is 0 Å². The fourth-order valence-electron chi connectivity index (χ4n) is 0.950. The third kappa shape index (κ3) is 6.11. The Morgan fingerprint density at radius 3 is 1.50 bits per heavy atom. The SMILES string of the molecule is COc1cc(C)cc(OC)c1.[Br-].[Br-].[Mg+2]. The van der Waals surface area contributed by atoms with Gasteiger partial charge in [-0.2, -0.15) is 0 Å². The number of aryl methyl sites for hydroxylation is 1. The van der Waals surface area contributed by atoms with E-state index >= 15 is 0 Å². The summed E-state index contributed by atoms with van der Waals surface area (Å²) in [4.78, 5) is 0. The number of ether oxygens (including phenoxy) is 2. The molecule has 14 heavy (non-hydrogen) atoms. The Kier molecular flexibility index (Phi) is 14.4. The molecule has 0 atom stereocenters. The summed E-state index contributed by atoms with van der Waals surface area (Å²) in [6, 6.07) is 5.78. The summed E-state index contributed by atoms with van der Waals surface area (Å²) >= 11 is 0. The Morgan fingerprint density at radius 1 is 0.857 bits per heavy atom. The van der Waals surface area contributed by atoms with E-state index in [0.29, 0.717) is 0 Å². The maximum Gasteiger partial charge on any atom is 2.00 e. The molecule has 0 aromatic heterocycles. The van der Waals surface area contributed by atoms with Gasteiger partial charge in [-0.25, -0.2) is 0 Å². The summed E-state index contributed by atoms with van der Waals surface area (Å²) in [6.45, 7) is 2.00.